The van der Waals surface area contributed by atoms with Crippen LogP contribution in [0.3, 0.4) is 0 Å². The SMILES string of the molecule is CN(c1ccccc1F)c1cc(-c2ccc3c(c2)C(C)(C)c2ccccc2-3)ccc1F. The largest absolute Gasteiger partial charge is 0.340 e. The number of hydrogen-bond donors (Lipinski definition) is 0. The molecule has 0 bridgehead atoms. The van der Waals surface area contributed by atoms with Crippen molar-refractivity contribution in [3.8, 4) is 22.3 Å². The van der Waals surface area contributed by atoms with Gasteiger partial charge in [0.15, 0.2) is 0 Å². The molecular formula is C28H23F2N. The Bertz CT molecular complexity index is 1310. The molecule has 0 amide bonds. The van der Waals surface area contributed by atoms with Gasteiger partial charge < -0.3 is 4.90 Å². The summed E-state index contributed by atoms with van der Waals surface area (Å²) in [4.78, 5) is 1.56. The zero-order valence-corrected chi connectivity index (χ0v) is 17.8. The van der Waals surface area contributed by atoms with Crippen LogP contribution in [0.2, 0.25) is 0 Å². The molecule has 1 aliphatic carbocycles. The third-order valence-corrected chi connectivity index (χ3v) is 6.44. The molecule has 0 spiro atoms. The molecule has 0 radical (unpaired) electrons. The number of hydrogen-bond acceptors (Lipinski definition) is 1. The highest BCUT2D eigenvalue weighted by Crippen LogP contribution is 2.49. The van der Waals surface area contributed by atoms with E-state index in [4.69, 9.17) is 0 Å². The molecule has 1 nitrogen and oxygen atoms in total. The zero-order chi connectivity index (χ0) is 21.8. The number of para-hydroxylation sites is 1. The first-order valence-corrected chi connectivity index (χ1v) is 10.4. The van der Waals surface area contributed by atoms with Crippen LogP contribution in [-0.2, 0) is 5.41 Å². The van der Waals surface area contributed by atoms with Crippen molar-refractivity contribution < 1.29 is 8.78 Å². The summed E-state index contributed by atoms with van der Waals surface area (Å²) in [6, 6.07) is 26.4. The molecule has 5 rings (SSSR count). The van der Waals surface area contributed by atoms with Crippen LogP contribution in [0.25, 0.3) is 22.3 Å². The molecule has 4 aromatic rings. The van der Waals surface area contributed by atoms with Gasteiger partial charge in [0.05, 0.1) is 11.4 Å². The van der Waals surface area contributed by atoms with Gasteiger partial charge >= 0.3 is 0 Å². The van der Waals surface area contributed by atoms with E-state index < -0.39 is 0 Å². The lowest BCUT2D eigenvalue weighted by atomic mass is 9.81. The second-order valence-electron chi connectivity index (χ2n) is 8.61. The van der Waals surface area contributed by atoms with Crippen molar-refractivity contribution in [1.82, 2.24) is 0 Å². The minimum absolute atomic E-state index is 0.102. The van der Waals surface area contributed by atoms with Crippen molar-refractivity contribution in [3.05, 3.63) is 108 Å². The van der Waals surface area contributed by atoms with Crippen molar-refractivity contribution in [2.45, 2.75) is 19.3 Å². The number of halogens is 2. The van der Waals surface area contributed by atoms with Gasteiger partial charge in [-0.05, 0) is 63.7 Å². The Kier molecular flexibility index (Phi) is 4.44. The Morgan fingerprint density at radius 2 is 1.23 bits per heavy atom. The predicted molar refractivity (Wildman–Crippen MR) is 124 cm³/mol. The summed E-state index contributed by atoms with van der Waals surface area (Å²) in [5.74, 6) is -0.768. The number of nitrogens with zero attached hydrogens (tertiary/aromatic N) is 1. The molecule has 0 saturated carbocycles. The normalized spacial score (nSPS) is 13.6. The van der Waals surface area contributed by atoms with Gasteiger partial charge in [0.25, 0.3) is 0 Å². The minimum Gasteiger partial charge on any atom is -0.340 e. The molecule has 0 aliphatic heterocycles. The van der Waals surface area contributed by atoms with Crippen LogP contribution in [0, 0.1) is 11.6 Å². The Hall–Kier alpha value is -3.46. The maximum atomic E-state index is 14.7. The van der Waals surface area contributed by atoms with Crippen molar-refractivity contribution in [1.29, 1.82) is 0 Å². The van der Waals surface area contributed by atoms with Crippen LogP contribution in [0.5, 0.6) is 0 Å². The number of anilines is 2. The van der Waals surface area contributed by atoms with E-state index in [-0.39, 0.29) is 17.0 Å². The Morgan fingerprint density at radius 1 is 0.613 bits per heavy atom. The van der Waals surface area contributed by atoms with E-state index in [0.29, 0.717) is 11.4 Å². The molecule has 0 aromatic heterocycles. The first-order valence-electron chi connectivity index (χ1n) is 10.4. The fourth-order valence-corrected chi connectivity index (χ4v) is 4.69. The maximum Gasteiger partial charge on any atom is 0.146 e. The molecule has 3 heteroatoms. The van der Waals surface area contributed by atoms with Crippen molar-refractivity contribution in [3.63, 3.8) is 0 Å². The quantitative estimate of drug-likeness (QED) is 0.334. The maximum absolute atomic E-state index is 14.7. The van der Waals surface area contributed by atoms with E-state index in [2.05, 4.69) is 56.3 Å². The lowest BCUT2D eigenvalue weighted by Gasteiger charge is -2.23. The average Bonchev–Trinajstić information content (AvgIpc) is 3.01. The van der Waals surface area contributed by atoms with Crippen molar-refractivity contribution in [2.24, 2.45) is 0 Å². The van der Waals surface area contributed by atoms with E-state index in [0.717, 1.165) is 11.1 Å². The fraction of sp³-hybridized carbons (Fsp3) is 0.143. The summed E-state index contributed by atoms with van der Waals surface area (Å²) < 4.78 is 29.0. The fourth-order valence-electron chi connectivity index (χ4n) is 4.69. The van der Waals surface area contributed by atoms with Gasteiger partial charge in [-0.15, -0.1) is 0 Å². The van der Waals surface area contributed by atoms with E-state index >= 15 is 0 Å². The molecule has 0 fully saturated rings. The second kappa shape index (κ2) is 7.05. The molecule has 0 N–H and O–H groups in total. The van der Waals surface area contributed by atoms with Gasteiger partial charge in [-0.1, -0.05) is 68.4 Å². The van der Waals surface area contributed by atoms with Gasteiger partial charge in [0.2, 0.25) is 0 Å². The van der Waals surface area contributed by atoms with Gasteiger partial charge in [0.1, 0.15) is 11.6 Å². The van der Waals surface area contributed by atoms with Crippen molar-refractivity contribution in [2.75, 3.05) is 11.9 Å². The Balaban J connectivity index is 1.60. The molecule has 31 heavy (non-hydrogen) atoms. The summed E-state index contributed by atoms with van der Waals surface area (Å²) in [7, 11) is 1.68. The van der Waals surface area contributed by atoms with E-state index in [1.165, 1.54) is 34.4 Å². The first kappa shape index (κ1) is 19.5. The van der Waals surface area contributed by atoms with E-state index in [1.54, 1.807) is 42.3 Å². The molecule has 4 aromatic carbocycles. The highest BCUT2D eigenvalue weighted by atomic mass is 19.1. The molecule has 0 unspecified atom stereocenters. The highest BCUT2D eigenvalue weighted by molar-refractivity contribution is 5.84. The molecule has 0 saturated heterocycles. The van der Waals surface area contributed by atoms with Crippen LogP contribution in [0.4, 0.5) is 20.2 Å². The number of rotatable bonds is 3. The van der Waals surface area contributed by atoms with Crippen molar-refractivity contribution >= 4 is 11.4 Å². The summed E-state index contributed by atoms with van der Waals surface area (Å²) in [6.07, 6.45) is 0. The third kappa shape index (κ3) is 3.04. The summed E-state index contributed by atoms with van der Waals surface area (Å²) in [6.45, 7) is 4.48. The van der Waals surface area contributed by atoms with Gasteiger partial charge in [-0.25, -0.2) is 8.78 Å². The summed E-state index contributed by atoms with van der Waals surface area (Å²) in [5.41, 5.74) is 7.59. The predicted octanol–water partition coefficient (Wildman–Crippen LogP) is 7.71. The zero-order valence-electron chi connectivity index (χ0n) is 17.8. The second-order valence-corrected chi connectivity index (χ2v) is 8.61. The van der Waals surface area contributed by atoms with Gasteiger partial charge in [-0.2, -0.15) is 0 Å². The minimum atomic E-state index is -0.386. The van der Waals surface area contributed by atoms with Crippen LogP contribution in [0.1, 0.15) is 25.0 Å². The highest BCUT2D eigenvalue weighted by Gasteiger charge is 2.35. The Labute approximate surface area is 181 Å². The van der Waals surface area contributed by atoms with E-state index in [1.807, 2.05) is 0 Å². The monoisotopic (exact) mass is 411 g/mol. The summed E-state index contributed by atoms with van der Waals surface area (Å²) in [5, 5.41) is 0. The molecule has 0 atom stereocenters. The standard InChI is InChI=1S/C28H23F2N/c1-28(2)22-9-5-4-8-20(22)21-14-12-18(16-23(21)28)19-13-15-25(30)27(17-19)31(3)26-11-7-6-10-24(26)29/h4-17H,1-3H3. The van der Waals surface area contributed by atoms with Crippen LogP contribution in [0.15, 0.2) is 84.9 Å². The smallest absolute Gasteiger partial charge is 0.146 e. The Morgan fingerprint density at radius 3 is 2.03 bits per heavy atom. The molecule has 154 valence electrons. The third-order valence-electron chi connectivity index (χ3n) is 6.44. The van der Waals surface area contributed by atoms with Crippen LogP contribution in [-0.4, -0.2) is 7.05 Å². The molecule has 1 aliphatic rings. The summed E-state index contributed by atoms with van der Waals surface area (Å²) >= 11 is 0. The lowest BCUT2D eigenvalue weighted by molar-refractivity contribution is 0.617. The lowest BCUT2D eigenvalue weighted by Crippen LogP contribution is -2.15. The molecule has 0 heterocycles. The van der Waals surface area contributed by atoms with Crippen LogP contribution < -0.4 is 4.90 Å². The van der Waals surface area contributed by atoms with Gasteiger partial charge in [0, 0.05) is 12.5 Å². The number of benzene rings is 4. The van der Waals surface area contributed by atoms with Crippen LogP contribution >= 0.6 is 0 Å². The first-order chi connectivity index (χ1) is 14.9. The average molecular weight is 411 g/mol. The molecular weight excluding hydrogens is 388 g/mol. The topological polar surface area (TPSA) is 3.24 Å². The van der Waals surface area contributed by atoms with Gasteiger partial charge in [-0.3, -0.25) is 0 Å². The number of fused-ring (bicyclic) bond motifs is 3. The van der Waals surface area contributed by atoms with E-state index in [9.17, 15) is 8.78 Å².